The molecule has 1 aliphatic rings. The third-order valence-corrected chi connectivity index (χ3v) is 3.66. The molecule has 1 nitrogen and oxygen atoms in total. The van der Waals surface area contributed by atoms with Crippen LogP contribution in [0.25, 0.3) is 0 Å². The molecule has 0 amide bonds. The summed E-state index contributed by atoms with van der Waals surface area (Å²) in [6.45, 7) is 1.03. The average Bonchev–Trinajstić information content (AvgIpc) is 2.19. The summed E-state index contributed by atoms with van der Waals surface area (Å²) in [6.07, 6.45) is 6.28. The molecule has 0 aromatic heterocycles. The van der Waals surface area contributed by atoms with Gasteiger partial charge in [0.1, 0.15) is 0 Å². The molecule has 2 rings (SSSR count). The van der Waals surface area contributed by atoms with Gasteiger partial charge in [0.05, 0.1) is 0 Å². The van der Waals surface area contributed by atoms with E-state index in [0.717, 1.165) is 18.3 Å². The highest BCUT2D eigenvalue weighted by molar-refractivity contribution is 7.97. The van der Waals surface area contributed by atoms with Crippen LogP contribution in [0.15, 0.2) is 24.3 Å². The Morgan fingerprint density at radius 1 is 1.20 bits per heavy atom. The lowest BCUT2D eigenvalue weighted by Crippen LogP contribution is -2.34. The second kappa shape index (κ2) is 5.57. The zero-order valence-electron chi connectivity index (χ0n) is 9.33. The lowest BCUT2D eigenvalue weighted by atomic mass is 9.93. The Hall–Kier alpha value is -0.470. The van der Waals surface area contributed by atoms with Crippen LogP contribution in [-0.2, 0) is 12.3 Å². The van der Waals surface area contributed by atoms with Crippen molar-refractivity contribution < 1.29 is 0 Å². The van der Waals surface area contributed by atoms with Crippen molar-refractivity contribution in [2.75, 3.05) is 6.26 Å². The predicted octanol–water partition coefficient (Wildman–Crippen LogP) is 3.19. The molecule has 0 atom stereocenters. The van der Waals surface area contributed by atoms with Gasteiger partial charge in [-0.1, -0.05) is 30.7 Å². The summed E-state index contributed by atoms with van der Waals surface area (Å²) < 4.78 is 0. The van der Waals surface area contributed by atoms with Crippen LogP contribution < -0.4 is 5.32 Å². The molecule has 1 saturated carbocycles. The first kappa shape index (κ1) is 11.0. The van der Waals surface area contributed by atoms with Crippen molar-refractivity contribution in [3.05, 3.63) is 35.4 Å². The molecule has 0 heterocycles. The molecule has 0 aliphatic heterocycles. The number of nitrogens with one attached hydrogen (secondary N) is 1. The van der Waals surface area contributed by atoms with E-state index in [4.69, 9.17) is 0 Å². The van der Waals surface area contributed by atoms with Crippen LogP contribution in [0.1, 0.15) is 30.4 Å². The summed E-state index contributed by atoms with van der Waals surface area (Å²) in [5.74, 6) is 1.12. The van der Waals surface area contributed by atoms with Gasteiger partial charge in [0.15, 0.2) is 0 Å². The molecule has 0 spiro atoms. The first-order chi connectivity index (χ1) is 7.38. The second-order valence-electron chi connectivity index (χ2n) is 4.26. The highest BCUT2D eigenvalue weighted by atomic mass is 32.2. The van der Waals surface area contributed by atoms with Crippen molar-refractivity contribution in [2.24, 2.45) is 0 Å². The Kier molecular flexibility index (Phi) is 4.09. The van der Waals surface area contributed by atoms with Crippen LogP contribution in [0, 0.1) is 0 Å². The topological polar surface area (TPSA) is 12.0 Å². The molecular weight excluding hydrogens is 202 g/mol. The highest BCUT2D eigenvalue weighted by Crippen LogP contribution is 2.18. The maximum absolute atomic E-state index is 3.58. The number of hydrogen-bond donors (Lipinski definition) is 1. The van der Waals surface area contributed by atoms with Gasteiger partial charge in [0, 0.05) is 18.3 Å². The standard InChI is InChI=1S/C13H19NS/c1-15-10-12-7-5-11(6-8-12)9-14-13-3-2-4-13/h5-8,13-14H,2-4,9-10H2,1H3. The van der Waals surface area contributed by atoms with Crippen molar-refractivity contribution in [1.82, 2.24) is 5.32 Å². The number of hydrogen-bond acceptors (Lipinski definition) is 2. The van der Waals surface area contributed by atoms with E-state index < -0.39 is 0 Å². The lowest BCUT2D eigenvalue weighted by Gasteiger charge is -2.26. The Balaban J connectivity index is 1.80. The quantitative estimate of drug-likeness (QED) is 0.819. The minimum absolute atomic E-state index is 0.788. The normalized spacial score (nSPS) is 16.3. The van der Waals surface area contributed by atoms with E-state index >= 15 is 0 Å². The average molecular weight is 221 g/mol. The van der Waals surface area contributed by atoms with Crippen LogP contribution in [-0.4, -0.2) is 12.3 Å². The third-order valence-electron chi connectivity index (χ3n) is 3.03. The van der Waals surface area contributed by atoms with Gasteiger partial charge in [0.25, 0.3) is 0 Å². The molecule has 1 aromatic rings. The van der Waals surface area contributed by atoms with Crippen molar-refractivity contribution in [2.45, 2.75) is 37.6 Å². The highest BCUT2D eigenvalue weighted by Gasteiger charge is 2.15. The van der Waals surface area contributed by atoms with E-state index in [2.05, 4.69) is 35.8 Å². The van der Waals surface area contributed by atoms with E-state index in [-0.39, 0.29) is 0 Å². The van der Waals surface area contributed by atoms with Gasteiger partial charge in [-0.3, -0.25) is 0 Å². The molecule has 1 aliphatic carbocycles. The maximum atomic E-state index is 3.58. The van der Waals surface area contributed by atoms with Crippen LogP contribution in [0.2, 0.25) is 0 Å². The summed E-state index contributed by atoms with van der Waals surface area (Å²) in [4.78, 5) is 0. The monoisotopic (exact) mass is 221 g/mol. The fourth-order valence-electron chi connectivity index (χ4n) is 1.79. The Morgan fingerprint density at radius 2 is 1.87 bits per heavy atom. The fraction of sp³-hybridized carbons (Fsp3) is 0.538. The second-order valence-corrected chi connectivity index (χ2v) is 5.12. The van der Waals surface area contributed by atoms with E-state index in [1.807, 2.05) is 11.8 Å². The molecule has 1 N–H and O–H groups in total. The van der Waals surface area contributed by atoms with Gasteiger partial charge in [-0.2, -0.15) is 11.8 Å². The summed E-state index contributed by atoms with van der Waals surface area (Å²) >= 11 is 1.88. The van der Waals surface area contributed by atoms with E-state index in [9.17, 15) is 0 Å². The smallest absolute Gasteiger partial charge is 0.0208 e. The van der Waals surface area contributed by atoms with Crippen molar-refractivity contribution in [3.63, 3.8) is 0 Å². The Labute approximate surface area is 96.7 Å². The number of rotatable bonds is 5. The van der Waals surface area contributed by atoms with E-state index in [1.165, 1.54) is 30.4 Å². The summed E-state index contributed by atoms with van der Waals surface area (Å²) in [7, 11) is 0. The first-order valence-electron chi connectivity index (χ1n) is 5.68. The molecule has 82 valence electrons. The zero-order valence-corrected chi connectivity index (χ0v) is 10.1. The largest absolute Gasteiger partial charge is 0.310 e. The number of thioether (sulfide) groups is 1. The van der Waals surface area contributed by atoms with Gasteiger partial charge in [-0.25, -0.2) is 0 Å². The zero-order chi connectivity index (χ0) is 10.5. The Bertz CT molecular complexity index is 290. The van der Waals surface area contributed by atoms with Crippen LogP contribution in [0.5, 0.6) is 0 Å². The Morgan fingerprint density at radius 3 is 2.40 bits per heavy atom. The maximum Gasteiger partial charge on any atom is 0.0208 e. The van der Waals surface area contributed by atoms with Gasteiger partial charge >= 0.3 is 0 Å². The van der Waals surface area contributed by atoms with E-state index in [0.29, 0.717) is 0 Å². The summed E-state index contributed by atoms with van der Waals surface area (Å²) in [5, 5.41) is 3.58. The minimum atomic E-state index is 0.788. The molecule has 2 heteroatoms. The molecule has 15 heavy (non-hydrogen) atoms. The van der Waals surface area contributed by atoms with Crippen LogP contribution >= 0.6 is 11.8 Å². The van der Waals surface area contributed by atoms with Gasteiger partial charge in [-0.15, -0.1) is 0 Å². The van der Waals surface area contributed by atoms with Crippen LogP contribution in [0.3, 0.4) is 0 Å². The third kappa shape index (κ3) is 3.25. The summed E-state index contributed by atoms with van der Waals surface area (Å²) in [6, 6.07) is 9.77. The van der Waals surface area contributed by atoms with E-state index in [1.54, 1.807) is 0 Å². The van der Waals surface area contributed by atoms with Crippen molar-refractivity contribution in [1.29, 1.82) is 0 Å². The molecule has 0 bridgehead atoms. The van der Waals surface area contributed by atoms with Crippen LogP contribution in [0.4, 0.5) is 0 Å². The summed E-state index contributed by atoms with van der Waals surface area (Å²) in [5.41, 5.74) is 2.83. The first-order valence-corrected chi connectivity index (χ1v) is 7.08. The molecule has 0 saturated heterocycles. The SMILES string of the molecule is CSCc1ccc(CNC2CCC2)cc1. The van der Waals surface area contributed by atoms with Gasteiger partial charge < -0.3 is 5.32 Å². The molecule has 0 radical (unpaired) electrons. The molecule has 1 aromatic carbocycles. The van der Waals surface area contributed by atoms with Gasteiger partial charge in [-0.05, 0) is 30.2 Å². The lowest BCUT2D eigenvalue weighted by molar-refractivity contribution is 0.338. The van der Waals surface area contributed by atoms with Crippen molar-refractivity contribution >= 4 is 11.8 Å². The fourth-order valence-corrected chi connectivity index (χ4v) is 2.32. The predicted molar refractivity (Wildman–Crippen MR) is 68.1 cm³/mol. The molecule has 0 unspecified atom stereocenters. The number of benzene rings is 1. The molecular formula is C13H19NS. The molecule has 1 fully saturated rings. The van der Waals surface area contributed by atoms with Crippen molar-refractivity contribution in [3.8, 4) is 0 Å². The van der Waals surface area contributed by atoms with Gasteiger partial charge in [0.2, 0.25) is 0 Å². The minimum Gasteiger partial charge on any atom is -0.310 e.